The zero-order valence-electron chi connectivity index (χ0n) is 20.0. The molecule has 4 aromatic carbocycles. The Kier molecular flexibility index (Phi) is 8.05. The average Bonchev–Trinajstić information content (AvgIpc) is 2.92. The summed E-state index contributed by atoms with van der Waals surface area (Å²) in [5, 5.41) is 2.71. The van der Waals surface area contributed by atoms with Gasteiger partial charge in [0.05, 0.1) is 17.7 Å². The fraction of sp³-hybridized carbons (Fsp3) is 0.107. The largest absolute Gasteiger partial charge is 0.497 e. The lowest BCUT2D eigenvalue weighted by Crippen LogP contribution is -2.38. The number of ether oxygens (including phenoxy) is 2. The molecule has 0 bridgehead atoms. The molecule has 4 rings (SSSR count). The lowest BCUT2D eigenvalue weighted by atomic mass is 10.2. The van der Waals surface area contributed by atoms with Gasteiger partial charge in [0.15, 0.2) is 0 Å². The van der Waals surface area contributed by atoms with Gasteiger partial charge >= 0.3 is 0 Å². The number of hydrogen-bond acceptors (Lipinski definition) is 5. The van der Waals surface area contributed by atoms with Gasteiger partial charge in [0, 0.05) is 5.69 Å². The van der Waals surface area contributed by atoms with Crippen LogP contribution in [-0.4, -0.2) is 28.0 Å². The third kappa shape index (κ3) is 6.65. The maximum atomic E-state index is 13.4. The molecule has 0 saturated carbocycles. The van der Waals surface area contributed by atoms with Crippen molar-refractivity contribution in [1.29, 1.82) is 0 Å². The van der Waals surface area contributed by atoms with Crippen molar-refractivity contribution >= 4 is 27.3 Å². The summed E-state index contributed by atoms with van der Waals surface area (Å²) in [7, 11) is -2.68. The molecule has 0 atom stereocenters. The van der Waals surface area contributed by atoms with Crippen LogP contribution in [0.5, 0.6) is 11.5 Å². The molecule has 0 radical (unpaired) electrons. The second kappa shape index (κ2) is 11.6. The molecule has 0 heterocycles. The van der Waals surface area contributed by atoms with Crippen molar-refractivity contribution in [2.24, 2.45) is 0 Å². The summed E-state index contributed by atoms with van der Waals surface area (Å²) < 4.78 is 52.1. The van der Waals surface area contributed by atoms with Crippen molar-refractivity contribution < 1.29 is 27.1 Å². The predicted octanol–water partition coefficient (Wildman–Crippen LogP) is 5.25. The van der Waals surface area contributed by atoms with Crippen LogP contribution in [0.1, 0.15) is 5.56 Å². The fourth-order valence-corrected chi connectivity index (χ4v) is 4.92. The third-order valence-corrected chi connectivity index (χ3v) is 7.22. The summed E-state index contributed by atoms with van der Waals surface area (Å²) >= 11 is 0. The lowest BCUT2D eigenvalue weighted by molar-refractivity contribution is -0.114. The van der Waals surface area contributed by atoms with Crippen LogP contribution in [0.4, 0.5) is 15.8 Å². The molecule has 37 heavy (non-hydrogen) atoms. The maximum Gasteiger partial charge on any atom is 0.264 e. The summed E-state index contributed by atoms with van der Waals surface area (Å²) in [6.45, 7) is -0.0943. The molecule has 0 aliphatic carbocycles. The van der Waals surface area contributed by atoms with Crippen molar-refractivity contribution in [2.75, 3.05) is 23.3 Å². The summed E-state index contributed by atoms with van der Waals surface area (Å²) in [4.78, 5) is 12.8. The molecule has 0 saturated heterocycles. The molecular formula is C28H25FN2O5S. The second-order valence-corrected chi connectivity index (χ2v) is 9.87. The number of methoxy groups -OCH3 is 1. The maximum absolute atomic E-state index is 13.4. The highest BCUT2D eigenvalue weighted by atomic mass is 32.2. The van der Waals surface area contributed by atoms with Gasteiger partial charge in [-0.15, -0.1) is 0 Å². The predicted molar refractivity (Wildman–Crippen MR) is 140 cm³/mol. The summed E-state index contributed by atoms with van der Waals surface area (Å²) in [5.41, 5.74) is 1.76. The van der Waals surface area contributed by atoms with E-state index in [4.69, 9.17) is 9.47 Å². The minimum atomic E-state index is -4.17. The zero-order chi connectivity index (χ0) is 26.3. The smallest absolute Gasteiger partial charge is 0.264 e. The molecule has 190 valence electrons. The van der Waals surface area contributed by atoms with Crippen LogP contribution in [0.3, 0.4) is 0 Å². The minimum Gasteiger partial charge on any atom is -0.497 e. The van der Waals surface area contributed by atoms with Crippen LogP contribution in [0.15, 0.2) is 108 Å². The number of nitrogens with zero attached hydrogens (tertiary/aromatic N) is 1. The monoisotopic (exact) mass is 520 g/mol. The fourth-order valence-electron chi connectivity index (χ4n) is 3.50. The summed E-state index contributed by atoms with van der Waals surface area (Å²) in [6, 6.07) is 27.2. The van der Waals surface area contributed by atoms with Crippen molar-refractivity contribution in [3.05, 3.63) is 115 Å². The molecule has 0 spiro atoms. The molecule has 1 amide bonds. The number of halogens is 1. The van der Waals surface area contributed by atoms with E-state index in [9.17, 15) is 17.6 Å². The highest BCUT2D eigenvalue weighted by Crippen LogP contribution is 2.26. The van der Waals surface area contributed by atoms with Gasteiger partial charge in [-0.05, 0) is 78.4 Å². The van der Waals surface area contributed by atoms with Gasteiger partial charge < -0.3 is 14.8 Å². The first-order valence-corrected chi connectivity index (χ1v) is 12.8. The molecule has 0 aromatic heterocycles. The number of rotatable bonds is 10. The average molecular weight is 521 g/mol. The van der Waals surface area contributed by atoms with Crippen molar-refractivity contribution in [2.45, 2.75) is 11.5 Å². The number of anilines is 2. The van der Waals surface area contributed by atoms with Gasteiger partial charge in [-0.2, -0.15) is 0 Å². The molecule has 0 unspecified atom stereocenters. The molecule has 4 aromatic rings. The Labute approximate surface area is 215 Å². The summed E-state index contributed by atoms with van der Waals surface area (Å²) in [5.74, 6) is 0.0332. The Bertz CT molecular complexity index is 1430. The van der Waals surface area contributed by atoms with Gasteiger partial charge in [-0.25, -0.2) is 12.8 Å². The van der Waals surface area contributed by atoms with E-state index in [1.165, 1.54) is 19.2 Å². The topological polar surface area (TPSA) is 84.9 Å². The highest BCUT2D eigenvalue weighted by Gasteiger charge is 2.27. The van der Waals surface area contributed by atoms with Crippen LogP contribution in [0, 0.1) is 5.82 Å². The Balaban J connectivity index is 1.48. The Morgan fingerprint density at radius 2 is 1.46 bits per heavy atom. The van der Waals surface area contributed by atoms with Crippen molar-refractivity contribution in [1.82, 2.24) is 0 Å². The Hall–Kier alpha value is -4.37. The number of amides is 1. The number of carbonyl (C=O) groups is 1. The molecule has 7 nitrogen and oxygen atoms in total. The lowest BCUT2D eigenvalue weighted by Gasteiger charge is -2.24. The van der Waals surface area contributed by atoms with E-state index in [-0.39, 0.29) is 10.6 Å². The quantitative estimate of drug-likeness (QED) is 0.309. The van der Waals surface area contributed by atoms with E-state index >= 15 is 0 Å². The molecule has 0 aliphatic heterocycles. The number of carbonyl (C=O) groups excluding carboxylic acids is 1. The number of benzene rings is 4. The number of sulfonamides is 1. The molecule has 9 heteroatoms. The number of nitrogens with one attached hydrogen (secondary N) is 1. The first kappa shape index (κ1) is 25.7. The van der Waals surface area contributed by atoms with Crippen LogP contribution in [0.2, 0.25) is 0 Å². The zero-order valence-corrected chi connectivity index (χ0v) is 20.8. The van der Waals surface area contributed by atoms with E-state index in [1.807, 2.05) is 30.3 Å². The van der Waals surface area contributed by atoms with E-state index in [0.29, 0.717) is 23.8 Å². The van der Waals surface area contributed by atoms with E-state index in [1.54, 1.807) is 36.4 Å². The van der Waals surface area contributed by atoms with Gasteiger partial charge in [-0.3, -0.25) is 9.10 Å². The molecule has 1 N–H and O–H groups in total. The normalized spacial score (nSPS) is 11.0. The minimum absolute atomic E-state index is 0.141. The number of hydrogen-bond donors (Lipinski definition) is 1. The second-order valence-electron chi connectivity index (χ2n) is 8.01. The van der Waals surface area contributed by atoms with E-state index in [0.717, 1.165) is 34.1 Å². The third-order valence-electron chi connectivity index (χ3n) is 5.44. The van der Waals surface area contributed by atoms with E-state index < -0.39 is 28.3 Å². The Morgan fingerprint density at radius 3 is 2.08 bits per heavy atom. The van der Waals surface area contributed by atoms with Crippen molar-refractivity contribution in [3.63, 3.8) is 0 Å². The van der Waals surface area contributed by atoms with Gasteiger partial charge in [0.2, 0.25) is 5.91 Å². The highest BCUT2D eigenvalue weighted by molar-refractivity contribution is 7.92. The SMILES string of the molecule is COc1ccc(N(CC(=O)Nc2ccc(OCc3ccccc3)cc2)S(=O)(=O)c2ccc(F)cc2)cc1. The Morgan fingerprint density at radius 1 is 0.838 bits per heavy atom. The van der Waals surface area contributed by atoms with Crippen LogP contribution in [0.25, 0.3) is 0 Å². The van der Waals surface area contributed by atoms with E-state index in [2.05, 4.69) is 5.32 Å². The van der Waals surface area contributed by atoms with Crippen LogP contribution < -0.4 is 19.1 Å². The molecule has 0 aliphatic rings. The molecule has 0 fully saturated rings. The first-order chi connectivity index (χ1) is 17.8. The van der Waals surface area contributed by atoms with Gasteiger partial charge in [-0.1, -0.05) is 30.3 Å². The van der Waals surface area contributed by atoms with Crippen LogP contribution in [-0.2, 0) is 21.4 Å². The summed E-state index contributed by atoms with van der Waals surface area (Å²) in [6.07, 6.45) is 0. The van der Waals surface area contributed by atoms with Crippen LogP contribution >= 0.6 is 0 Å². The first-order valence-electron chi connectivity index (χ1n) is 11.3. The van der Waals surface area contributed by atoms with Gasteiger partial charge in [0.1, 0.15) is 30.5 Å². The van der Waals surface area contributed by atoms with Crippen molar-refractivity contribution in [3.8, 4) is 11.5 Å². The standard InChI is InChI=1S/C28H25FN2O5S/c1-35-25-15-11-24(12-16-25)31(37(33,34)27-17-7-22(29)8-18-27)19-28(32)30-23-9-13-26(14-10-23)36-20-21-5-3-2-4-6-21/h2-18H,19-20H2,1H3,(H,30,32). The molecular weight excluding hydrogens is 495 g/mol. The van der Waals surface area contributed by atoms with Gasteiger partial charge in [0.25, 0.3) is 10.0 Å².